The predicted molar refractivity (Wildman–Crippen MR) is 72.8 cm³/mol. The molecule has 17 heavy (non-hydrogen) atoms. The summed E-state index contributed by atoms with van der Waals surface area (Å²) in [5.74, 6) is 1.94. The molecule has 1 saturated heterocycles. The van der Waals surface area contributed by atoms with Gasteiger partial charge in [0.05, 0.1) is 7.11 Å². The molecule has 1 aliphatic heterocycles. The maximum absolute atomic E-state index is 10.9. The fraction of sp³-hybridized carbons (Fsp3) is 0.571. The molecule has 2 nitrogen and oxygen atoms in total. The zero-order valence-electron chi connectivity index (χ0n) is 10.7. The highest BCUT2D eigenvalue weighted by atomic mass is 32.2. The average Bonchev–Trinajstić information content (AvgIpc) is 2.33. The number of rotatable bonds is 2. The highest BCUT2D eigenvalue weighted by molar-refractivity contribution is 8.00. The summed E-state index contributed by atoms with van der Waals surface area (Å²) in [4.78, 5) is 0. The second-order valence-corrected chi connectivity index (χ2v) is 6.19. The molecule has 2 atom stereocenters. The number of aryl methyl sites for hydroxylation is 1. The van der Waals surface area contributed by atoms with Gasteiger partial charge in [-0.3, -0.25) is 0 Å². The smallest absolute Gasteiger partial charge is 0.125 e. The lowest BCUT2D eigenvalue weighted by Crippen LogP contribution is -2.39. The fourth-order valence-electron chi connectivity index (χ4n) is 2.46. The molecule has 1 aliphatic rings. The summed E-state index contributed by atoms with van der Waals surface area (Å²) in [5.41, 5.74) is 1.36. The summed E-state index contributed by atoms with van der Waals surface area (Å²) >= 11 is 1.84. The summed E-state index contributed by atoms with van der Waals surface area (Å²) in [6.45, 7) is 4.15. The Balaban J connectivity index is 2.46. The zero-order valence-corrected chi connectivity index (χ0v) is 11.5. The standard InChI is InChI=1S/C14H20O2S/c1-10-5-6-13(16-3)12(9-10)14(15)7-4-8-17-11(14)2/h5-6,9,11,15H,4,7-8H2,1-3H3. The van der Waals surface area contributed by atoms with E-state index in [2.05, 4.69) is 13.0 Å². The predicted octanol–water partition coefficient (Wildman–Crippen LogP) is 3.11. The van der Waals surface area contributed by atoms with Crippen molar-refractivity contribution in [1.29, 1.82) is 0 Å². The van der Waals surface area contributed by atoms with Crippen molar-refractivity contribution in [3.63, 3.8) is 0 Å². The van der Waals surface area contributed by atoms with Gasteiger partial charge < -0.3 is 9.84 Å². The normalized spacial score (nSPS) is 29.1. The third-order valence-corrected chi connectivity index (χ3v) is 4.98. The van der Waals surface area contributed by atoms with Gasteiger partial charge in [-0.05, 0) is 37.7 Å². The molecule has 94 valence electrons. The Labute approximate surface area is 107 Å². The van der Waals surface area contributed by atoms with Gasteiger partial charge in [0, 0.05) is 10.8 Å². The van der Waals surface area contributed by atoms with Crippen molar-refractivity contribution in [1.82, 2.24) is 0 Å². The van der Waals surface area contributed by atoms with Gasteiger partial charge in [0.1, 0.15) is 11.4 Å². The molecule has 1 aromatic carbocycles. The number of benzene rings is 1. The van der Waals surface area contributed by atoms with Crippen LogP contribution in [0.3, 0.4) is 0 Å². The first-order valence-electron chi connectivity index (χ1n) is 6.07. The van der Waals surface area contributed by atoms with Crippen LogP contribution in [0.1, 0.15) is 30.9 Å². The molecular formula is C14H20O2S. The van der Waals surface area contributed by atoms with Crippen molar-refractivity contribution in [3.05, 3.63) is 29.3 Å². The van der Waals surface area contributed by atoms with Gasteiger partial charge in [0.25, 0.3) is 0 Å². The van der Waals surface area contributed by atoms with E-state index in [1.165, 1.54) is 0 Å². The molecule has 1 aromatic rings. The molecule has 0 saturated carbocycles. The number of ether oxygens (including phenoxy) is 1. The van der Waals surface area contributed by atoms with Gasteiger partial charge in [-0.1, -0.05) is 18.6 Å². The van der Waals surface area contributed by atoms with Crippen molar-refractivity contribution < 1.29 is 9.84 Å². The van der Waals surface area contributed by atoms with Crippen LogP contribution >= 0.6 is 11.8 Å². The third kappa shape index (κ3) is 2.31. The van der Waals surface area contributed by atoms with Gasteiger partial charge in [0.15, 0.2) is 0 Å². The maximum atomic E-state index is 10.9. The number of hydrogen-bond donors (Lipinski definition) is 1. The molecule has 0 bridgehead atoms. The number of methoxy groups -OCH3 is 1. The van der Waals surface area contributed by atoms with E-state index in [0.29, 0.717) is 0 Å². The fourth-order valence-corrected chi connectivity index (χ4v) is 3.64. The van der Waals surface area contributed by atoms with Crippen LogP contribution in [0.25, 0.3) is 0 Å². The van der Waals surface area contributed by atoms with E-state index in [1.54, 1.807) is 7.11 Å². The minimum Gasteiger partial charge on any atom is -0.496 e. The van der Waals surface area contributed by atoms with Gasteiger partial charge in [0.2, 0.25) is 0 Å². The molecule has 0 radical (unpaired) electrons. The molecule has 1 fully saturated rings. The molecule has 2 rings (SSSR count). The summed E-state index contributed by atoms with van der Waals surface area (Å²) in [7, 11) is 1.66. The van der Waals surface area contributed by atoms with Crippen LogP contribution in [0.4, 0.5) is 0 Å². The second-order valence-electron chi connectivity index (χ2n) is 4.74. The number of hydrogen-bond acceptors (Lipinski definition) is 3. The van der Waals surface area contributed by atoms with Gasteiger partial charge in [-0.2, -0.15) is 11.8 Å². The summed E-state index contributed by atoms with van der Waals surface area (Å²) < 4.78 is 5.40. The Bertz CT molecular complexity index is 405. The van der Waals surface area contributed by atoms with E-state index < -0.39 is 5.60 Å². The lowest BCUT2D eigenvalue weighted by atomic mass is 9.84. The highest BCUT2D eigenvalue weighted by Crippen LogP contribution is 2.44. The quantitative estimate of drug-likeness (QED) is 0.877. The van der Waals surface area contributed by atoms with E-state index in [4.69, 9.17) is 4.74 Å². The minimum atomic E-state index is -0.750. The van der Waals surface area contributed by atoms with E-state index in [1.807, 2.05) is 30.8 Å². The van der Waals surface area contributed by atoms with Crippen molar-refractivity contribution >= 4 is 11.8 Å². The monoisotopic (exact) mass is 252 g/mol. The molecule has 0 aliphatic carbocycles. The van der Waals surface area contributed by atoms with Crippen molar-refractivity contribution in [2.45, 2.75) is 37.5 Å². The van der Waals surface area contributed by atoms with Gasteiger partial charge in [-0.15, -0.1) is 0 Å². The molecule has 2 unspecified atom stereocenters. The van der Waals surface area contributed by atoms with Crippen LogP contribution in [0.15, 0.2) is 18.2 Å². The molecule has 0 spiro atoms. The average molecular weight is 252 g/mol. The van der Waals surface area contributed by atoms with E-state index >= 15 is 0 Å². The second kappa shape index (κ2) is 4.91. The first-order chi connectivity index (χ1) is 8.08. The SMILES string of the molecule is COc1ccc(C)cc1C1(O)CCCSC1C. The minimum absolute atomic E-state index is 0.215. The van der Waals surface area contributed by atoms with E-state index in [0.717, 1.165) is 35.5 Å². The van der Waals surface area contributed by atoms with Crippen LogP contribution in [0.2, 0.25) is 0 Å². The third-order valence-electron chi connectivity index (χ3n) is 3.56. The van der Waals surface area contributed by atoms with Crippen LogP contribution in [0.5, 0.6) is 5.75 Å². The Morgan fingerprint density at radius 3 is 2.88 bits per heavy atom. The molecule has 1 heterocycles. The van der Waals surface area contributed by atoms with Gasteiger partial charge in [-0.25, -0.2) is 0 Å². The Morgan fingerprint density at radius 2 is 2.24 bits per heavy atom. The van der Waals surface area contributed by atoms with Crippen LogP contribution < -0.4 is 4.74 Å². The van der Waals surface area contributed by atoms with Crippen LogP contribution in [0, 0.1) is 6.92 Å². The van der Waals surface area contributed by atoms with E-state index in [-0.39, 0.29) is 5.25 Å². The van der Waals surface area contributed by atoms with E-state index in [9.17, 15) is 5.11 Å². The molecular weight excluding hydrogens is 232 g/mol. The molecule has 3 heteroatoms. The van der Waals surface area contributed by atoms with Crippen LogP contribution in [-0.4, -0.2) is 23.2 Å². The lowest BCUT2D eigenvalue weighted by Gasteiger charge is -2.38. The Hall–Kier alpha value is -0.670. The zero-order chi connectivity index (χ0) is 12.5. The number of aliphatic hydroxyl groups is 1. The van der Waals surface area contributed by atoms with Gasteiger partial charge >= 0.3 is 0 Å². The first-order valence-corrected chi connectivity index (χ1v) is 7.12. The Morgan fingerprint density at radius 1 is 1.47 bits per heavy atom. The largest absolute Gasteiger partial charge is 0.496 e. The lowest BCUT2D eigenvalue weighted by molar-refractivity contribution is 0.0231. The first kappa shape index (κ1) is 12.8. The van der Waals surface area contributed by atoms with Crippen LogP contribution in [-0.2, 0) is 5.60 Å². The summed E-state index contributed by atoms with van der Waals surface area (Å²) in [6.07, 6.45) is 1.88. The topological polar surface area (TPSA) is 29.5 Å². The molecule has 0 amide bonds. The molecule has 1 N–H and O–H groups in total. The summed E-state index contributed by atoms with van der Waals surface area (Å²) in [5, 5.41) is 11.2. The summed E-state index contributed by atoms with van der Waals surface area (Å²) in [6, 6.07) is 6.03. The highest BCUT2D eigenvalue weighted by Gasteiger charge is 2.40. The van der Waals surface area contributed by atoms with Crippen molar-refractivity contribution in [2.24, 2.45) is 0 Å². The number of thioether (sulfide) groups is 1. The maximum Gasteiger partial charge on any atom is 0.125 e. The Kier molecular flexibility index (Phi) is 3.69. The molecule has 0 aromatic heterocycles. The van der Waals surface area contributed by atoms with Crippen molar-refractivity contribution in [3.8, 4) is 5.75 Å². The van der Waals surface area contributed by atoms with Crippen molar-refractivity contribution in [2.75, 3.05) is 12.9 Å².